The van der Waals surface area contributed by atoms with Gasteiger partial charge in [-0.1, -0.05) is 32.6 Å². The summed E-state index contributed by atoms with van der Waals surface area (Å²) in [6.07, 6.45) is 9.44. The molecule has 0 saturated carbocycles. The monoisotopic (exact) mass is 210 g/mol. The molecule has 0 fully saturated rings. The lowest BCUT2D eigenvalue weighted by molar-refractivity contribution is -0.150. The lowest BCUT2D eigenvalue weighted by Crippen LogP contribution is -2.29. The Balaban J connectivity index is 4.00. The first kappa shape index (κ1) is 14.0. The fraction of sp³-hybridized carbons (Fsp3) is 0.769. The minimum Gasteiger partial charge on any atom is -0.446 e. The Bertz CT molecular complexity index is 239. The van der Waals surface area contributed by atoms with Crippen molar-refractivity contribution < 1.29 is 9.53 Å². The molecule has 0 spiro atoms. The van der Waals surface area contributed by atoms with Crippen LogP contribution < -0.4 is 0 Å². The molecule has 86 valence electrons. The largest absolute Gasteiger partial charge is 0.446 e. The summed E-state index contributed by atoms with van der Waals surface area (Å²) in [5.74, 6) is 2.96. The van der Waals surface area contributed by atoms with Crippen molar-refractivity contribution in [3.63, 3.8) is 0 Å². The summed E-state index contributed by atoms with van der Waals surface area (Å²) in [5, 5.41) is 0. The van der Waals surface area contributed by atoms with E-state index in [1.807, 2.05) is 0 Å². The van der Waals surface area contributed by atoms with Crippen LogP contribution in [0, 0.1) is 18.3 Å². The summed E-state index contributed by atoms with van der Waals surface area (Å²) in [4.78, 5) is 10.9. The standard InChI is InChI=1S/C13H22O2/c1-6-11(3)9-8-10-13(5,7-2)15-12(4)14/h2,11H,6,8-10H2,1,3-5H3. The Morgan fingerprint density at radius 1 is 1.60 bits per heavy atom. The molecule has 0 saturated heterocycles. The van der Waals surface area contributed by atoms with Crippen molar-refractivity contribution in [2.75, 3.05) is 0 Å². The van der Waals surface area contributed by atoms with E-state index in [1.54, 1.807) is 6.92 Å². The molecule has 0 bridgehead atoms. The molecule has 0 aliphatic rings. The molecule has 0 aromatic rings. The van der Waals surface area contributed by atoms with Crippen LogP contribution in [0.15, 0.2) is 0 Å². The first-order valence-electron chi connectivity index (χ1n) is 5.61. The van der Waals surface area contributed by atoms with Crippen molar-refractivity contribution in [2.24, 2.45) is 5.92 Å². The number of esters is 1. The lowest BCUT2D eigenvalue weighted by atomic mass is 9.94. The van der Waals surface area contributed by atoms with Crippen LogP contribution in [0.5, 0.6) is 0 Å². The van der Waals surface area contributed by atoms with E-state index in [4.69, 9.17) is 11.2 Å². The second-order valence-electron chi connectivity index (χ2n) is 4.37. The van der Waals surface area contributed by atoms with Crippen LogP contribution in [0.25, 0.3) is 0 Å². The summed E-state index contributed by atoms with van der Waals surface area (Å²) in [6, 6.07) is 0. The van der Waals surface area contributed by atoms with Gasteiger partial charge in [0.1, 0.15) is 0 Å². The predicted molar refractivity (Wildman–Crippen MR) is 62.3 cm³/mol. The Labute approximate surface area is 93.4 Å². The van der Waals surface area contributed by atoms with Crippen LogP contribution in [0.4, 0.5) is 0 Å². The van der Waals surface area contributed by atoms with Gasteiger partial charge < -0.3 is 4.74 Å². The van der Waals surface area contributed by atoms with E-state index in [0.717, 1.165) is 19.3 Å². The maximum atomic E-state index is 10.9. The van der Waals surface area contributed by atoms with Crippen LogP contribution in [0.3, 0.4) is 0 Å². The lowest BCUT2D eigenvalue weighted by Gasteiger charge is -2.23. The Kier molecular flexibility index (Phi) is 6.08. The third kappa shape index (κ3) is 6.17. The van der Waals surface area contributed by atoms with Gasteiger partial charge in [0, 0.05) is 6.92 Å². The van der Waals surface area contributed by atoms with Crippen LogP contribution in [-0.2, 0) is 9.53 Å². The predicted octanol–water partition coefficient (Wildman–Crippen LogP) is 3.16. The van der Waals surface area contributed by atoms with E-state index in [1.165, 1.54) is 13.3 Å². The quantitative estimate of drug-likeness (QED) is 0.497. The first-order valence-corrected chi connectivity index (χ1v) is 5.61. The average molecular weight is 210 g/mol. The second-order valence-corrected chi connectivity index (χ2v) is 4.37. The van der Waals surface area contributed by atoms with Crippen molar-refractivity contribution >= 4 is 5.97 Å². The van der Waals surface area contributed by atoms with E-state index in [2.05, 4.69) is 19.8 Å². The number of carbonyl (C=O) groups is 1. The highest BCUT2D eigenvalue weighted by molar-refractivity contribution is 5.67. The zero-order chi connectivity index (χ0) is 11.9. The van der Waals surface area contributed by atoms with Gasteiger partial charge in [-0.2, -0.15) is 0 Å². The van der Waals surface area contributed by atoms with Gasteiger partial charge in [0.05, 0.1) is 0 Å². The Hall–Kier alpha value is -0.970. The highest BCUT2D eigenvalue weighted by Gasteiger charge is 2.24. The van der Waals surface area contributed by atoms with E-state index in [0.29, 0.717) is 5.92 Å². The molecular formula is C13H22O2. The molecule has 0 aromatic carbocycles. The fourth-order valence-corrected chi connectivity index (χ4v) is 1.46. The maximum Gasteiger partial charge on any atom is 0.304 e. The van der Waals surface area contributed by atoms with E-state index in [9.17, 15) is 4.79 Å². The summed E-state index contributed by atoms with van der Waals surface area (Å²) in [5.41, 5.74) is -0.723. The van der Waals surface area contributed by atoms with Crippen LogP contribution in [0.2, 0.25) is 0 Å². The van der Waals surface area contributed by atoms with Crippen LogP contribution in [-0.4, -0.2) is 11.6 Å². The highest BCUT2D eigenvalue weighted by atomic mass is 16.6. The van der Waals surface area contributed by atoms with Crippen molar-refractivity contribution in [2.45, 2.75) is 59.0 Å². The molecule has 0 aromatic heterocycles. The summed E-state index contributed by atoms with van der Waals surface area (Å²) < 4.78 is 5.13. The number of terminal acetylenes is 1. The van der Waals surface area contributed by atoms with Crippen molar-refractivity contribution in [3.05, 3.63) is 0 Å². The van der Waals surface area contributed by atoms with Crippen molar-refractivity contribution in [3.8, 4) is 12.3 Å². The van der Waals surface area contributed by atoms with Crippen molar-refractivity contribution in [1.82, 2.24) is 0 Å². The molecule has 0 radical (unpaired) electrons. The summed E-state index contributed by atoms with van der Waals surface area (Å²) >= 11 is 0. The van der Waals surface area contributed by atoms with E-state index < -0.39 is 5.60 Å². The third-order valence-corrected chi connectivity index (χ3v) is 2.72. The second kappa shape index (κ2) is 6.50. The molecule has 0 aliphatic heterocycles. The molecule has 2 atom stereocenters. The minimum absolute atomic E-state index is 0.306. The Morgan fingerprint density at radius 3 is 2.60 bits per heavy atom. The van der Waals surface area contributed by atoms with Crippen LogP contribution in [0.1, 0.15) is 53.4 Å². The van der Waals surface area contributed by atoms with Gasteiger partial charge in [-0.25, -0.2) is 0 Å². The topological polar surface area (TPSA) is 26.3 Å². The van der Waals surface area contributed by atoms with Gasteiger partial charge in [0.2, 0.25) is 0 Å². The van der Waals surface area contributed by atoms with E-state index >= 15 is 0 Å². The van der Waals surface area contributed by atoms with Gasteiger partial charge in [0.25, 0.3) is 0 Å². The number of hydrogen-bond acceptors (Lipinski definition) is 2. The molecule has 2 heteroatoms. The van der Waals surface area contributed by atoms with Gasteiger partial charge >= 0.3 is 5.97 Å². The molecule has 0 aliphatic carbocycles. The number of rotatable bonds is 6. The van der Waals surface area contributed by atoms with Gasteiger partial charge in [-0.3, -0.25) is 4.79 Å². The number of carbonyl (C=O) groups excluding carboxylic acids is 1. The smallest absolute Gasteiger partial charge is 0.304 e. The summed E-state index contributed by atoms with van der Waals surface area (Å²) in [6.45, 7) is 7.59. The molecule has 0 rings (SSSR count). The molecule has 2 unspecified atom stereocenters. The third-order valence-electron chi connectivity index (χ3n) is 2.72. The zero-order valence-electron chi connectivity index (χ0n) is 10.3. The highest BCUT2D eigenvalue weighted by Crippen LogP contribution is 2.21. The molecule has 0 heterocycles. The number of hydrogen-bond donors (Lipinski definition) is 0. The SMILES string of the molecule is C#CC(C)(CCCC(C)CC)OC(C)=O. The molecule has 15 heavy (non-hydrogen) atoms. The minimum atomic E-state index is -0.723. The fourth-order valence-electron chi connectivity index (χ4n) is 1.46. The molecular weight excluding hydrogens is 188 g/mol. The normalized spacial score (nSPS) is 16.2. The van der Waals surface area contributed by atoms with Gasteiger partial charge in [-0.05, 0) is 25.7 Å². The van der Waals surface area contributed by atoms with Crippen LogP contribution >= 0.6 is 0 Å². The van der Waals surface area contributed by atoms with E-state index in [-0.39, 0.29) is 5.97 Å². The summed E-state index contributed by atoms with van der Waals surface area (Å²) in [7, 11) is 0. The molecule has 0 amide bonds. The number of ether oxygens (including phenoxy) is 1. The zero-order valence-corrected chi connectivity index (χ0v) is 10.3. The first-order chi connectivity index (χ1) is 6.93. The van der Waals surface area contributed by atoms with Crippen molar-refractivity contribution in [1.29, 1.82) is 0 Å². The molecule has 0 N–H and O–H groups in total. The molecule has 2 nitrogen and oxygen atoms in total. The average Bonchev–Trinajstić information content (AvgIpc) is 2.16. The Morgan fingerprint density at radius 2 is 2.20 bits per heavy atom. The maximum absolute atomic E-state index is 10.9. The van der Waals surface area contributed by atoms with Gasteiger partial charge in [-0.15, -0.1) is 6.42 Å². The van der Waals surface area contributed by atoms with Gasteiger partial charge in [0.15, 0.2) is 5.60 Å².